The van der Waals surface area contributed by atoms with Gasteiger partial charge in [0.2, 0.25) is 0 Å². The van der Waals surface area contributed by atoms with Gasteiger partial charge in [0.1, 0.15) is 11.5 Å². The fourth-order valence-electron chi connectivity index (χ4n) is 3.22. The first-order chi connectivity index (χ1) is 14.9. The summed E-state index contributed by atoms with van der Waals surface area (Å²) in [7, 11) is 0. The predicted molar refractivity (Wildman–Crippen MR) is 121 cm³/mol. The number of fused-ring (bicyclic) bond motifs is 1. The molecule has 0 spiro atoms. The summed E-state index contributed by atoms with van der Waals surface area (Å²) in [5.41, 5.74) is 3.14. The Bertz CT molecular complexity index is 1310. The summed E-state index contributed by atoms with van der Waals surface area (Å²) in [5.74, 6) is 0.222. The molecule has 0 aliphatic carbocycles. The minimum Gasteiger partial charge on any atom is -0.508 e. The number of carbonyl (C=O) groups is 1. The highest BCUT2D eigenvalue weighted by Crippen LogP contribution is 2.45. The van der Waals surface area contributed by atoms with E-state index < -0.39 is 5.97 Å². The lowest BCUT2D eigenvalue weighted by molar-refractivity contribution is -0.131. The van der Waals surface area contributed by atoms with Gasteiger partial charge in [-0.15, -0.1) is 21.6 Å². The smallest absolute Gasteiger partial charge is 0.308 e. The molecule has 156 valence electrons. The molecule has 0 unspecified atom stereocenters. The molecule has 2 N–H and O–H groups in total. The normalized spacial score (nSPS) is 11.3. The van der Waals surface area contributed by atoms with Gasteiger partial charge in [0.15, 0.2) is 10.8 Å². The molecular formula is C24H20N2O4S. The van der Waals surface area contributed by atoms with Crippen LogP contribution >= 0.6 is 11.3 Å². The maximum atomic E-state index is 11.6. The van der Waals surface area contributed by atoms with E-state index in [1.165, 1.54) is 30.4 Å². The standard InChI is InChI=1S/C24H20N2O4S/c1-14-7-8-16(11-17-13-18(28)9-10-21(17)29)12-20(14)25-26-24-23(30-15(2)27)19-5-3-4-6-22(19)31-24/h3-10,12-13,28-29H,11H2,1-2H3. The Hall–Kier alpha value is -3.71. The minimum absolute atomic E-state index is 0.0996. The van der Waals surface area contributed by atoms with Crippen LogP contribution in [0.1, 0.15) is 23.6 Å². The summed E-state index contributed by atoms with van der Waals surface area (Å²) in [5, 5.41) is 29.9. The van der Waals surface area contributed by atoms with Gasteiger partial charge in [-0.25, -0.2) is 0 Å². The van der Waals surface area contributed by atoms with E-state index in [4.69, 9.17) is 4.74 Å². The van der Waals surface area contributed by atoms with Crippen LogP contribution in [0.15, 0.2) is 70.9 Å². The van der Waals surface area contributed by atoms with E-state index in [0.29, 0.717) is 28.4 Å². The number of phenols is 2. The molecule has 0 saturated carbocycles. The first kappa shape index (κ1) is 20.6. The molecule has 0 saturated heterocycles. The van der Waals surface area contributed by atoms with E-state index in [1.807, 2.05) is 49.4 Å². The zero-order chi connectivity index (χ0) is 22.0. The van der Waals surface area contributed by atoms with Crippen molar-refractivity contribution in [2.45, 2.75) is 20.3 Å². The number of azo groups is 1. The molecule has 0 atom stereocenters. The number of aromatic hydroxyl groups is 2. The summed E-state index contributed by atoms with van der Waals surface area (Å²) < 4.78 is 6.37. The number of esters is 1. The molecule has 3 aromatic carbocycles. The van der Waals surface area contributed by atoms with Crippen molar-refractivity contribution in [3.63, 3.8) is 0 Å². The van der Waals surface area contributed by atoms with Crippen LogP contribution in [0.2, 0.25) is 0 Å². The second-order valence-corrected chi connectivity index (χ2v) is 8.17. The van der Waals surface area contributed by atoms with Crippen LogP contribution in [0.4, 0.5) is 10.7 Å². The van der Waals surface area contributed by atoms with Crippen LogP contribution in [-0.4, -0.2) is 16.2 Å². The summed E-state index contributed by atoms with van der Waals surface area (Å²) in [6.07, 6.45) is 0.435. The van der Waals surface area contributed by atoms with Crippen LogP contribution < -0.4 is 4.74 Å². The van der Waals surface area contributed by atoms with Gasteiger partial charge >= 0.3 is 5.97 Å². The molecule has 7 heteroatoms. The predicted octanol–water partition coefficient (Wildman–Crippen LogP) is 6.55. The van der Waals surface area contributed by atoms with Crippen LogP contribution in [0.25, 0.3) is 10.1 Å². The van der Waals surface area contributed by atoms with Crippen LogP contribution in [0.3, 0.4) is 0 Å². The second-order valence-electron chi connectivity index (χ2n) is 7.14. The molecule has 0 aliphatic heterocycles. The number of hydrogen-bond donors (Lipinski definition) is 2. The summed E-state index contributed by atoms with van der Waals surface area (Å²) in [6, 6.07) is 17.9. The van der Waals surface area contributed by atoms with Crippen molar-refractivity contribution in [2.75, 3.05) is 0 Å². The fourth-order valence-corrected chi connectivity index (χ4v) is 4.17. The average Bonchev–Trinajstić information content (AvgIpc) is 3.08. The van der Waals surface area contributed by atoms with Crippen molar-refractivity contribution in [3.8, 4) is 17.2 Å². The van der Waals surface area contributed by atoms with E-state index in [0.717, 1.165) is 21.2 Å². The van der Waals surface area contributed by atoms with Gasteiger partial charge < -0.3 is 14.9 Å². The number of phenolic OH excluding ortho intramolecular Hbond substituents is 2. The molecule has 1 heterocycles. The third-order valence-electron chi connectivity index (χ3n) is 4.76. The first-order valence-electron chi connectivity index (χ1n) is 9.63. The molecule has 0 radical (unpaired) electrons. The molecule has 0 aliphatic rings. The molecule has 31 heavy (non-hydrogen) atoms. The van der Waals surface area contributed by atoms with Gasteiger partial charge in [-0.3, -0.25) is 4.79 Å². The zero-order valence-electron chi connectivity index (χ0n) is 17.0. The van der Waals surface area contributed by atoms with Gasteiger partial charge in [-0.1, -0.05) is 24.3 Å². The van der Waals surface area contributed by atoms with E-state index in [9.17, 15) is 15.0 Å². The Kier molecular flexibility index (Phi) is 5.68. The van der Waals surface area contributed by atoms with Crippen molar-refractivity contribution >= 4 is 38.1 Å². The number of carbonyl (C=O) groups excluding carboxylic acids is 1. The van der Waals surface area contributed by atoms with E-state index >= 15 is 0 Å². The highest BCUT2D eigenvalue weighted by molar-refractivity contribution is 7.23. The fraction of sp³-hybridized carbons (Fsp3) is 0.125. The van der Waals surface area contributed by atoms with Gasteiger partial charge in [-0.2, -0.15) is 0 Å². The highest BCUT2D eigenvalue weighted by Gasteiger charge is 2.15. The number of benzene rings is 3. The lowest BCUT2D eigenvalue weighted by Crippen LogP contribution is -2.00. The third kappa shape index (κ3) is 4.57. The van der Waals surface area contributed by atoms with Crippen LogP contribution in [0, 0.1) is 6.92 Å². The maximum Gasteiger partial charge on any atom is 0.308 e. The zero-order valence-corrected chi connectivity index (χ0v) is 17.8. The number of hydrogen-bond acceptors (Lipinski definition) is 7. The quantitative estimate of drug-likeness (QED) is 0.212. The number of aryl methyl sites for hydroxylation is 1. The summed E-state index contributed by atoms with van der Waals surface area (Å²) in [4.78, 5) is 11.6. The number of thiophene rings is 1. The Morgan fingerprint density at radius 3 is 2.65 bits per heavy atom. The van der Waals surface area contributed by atoms with Gasteiger partial charge in [0, 0.05) is 29.0 Å². The third-order valence-corrected chi connectivity index (χ3v) is 5.79. The van der Waals surface area contributed by atoms with Crippen LogP contribution in [-0.2, 0) is 11.2 Å². The lowest BCUT2D eigenvalue weighted by atomic mass is 10.0. The number of nitrogens with zero attached hydrogens (tertiary/aromatic N) is 2. The monoisotopic (exact) mass is 432 g/mol. The van der Waals surface area contributed by atoms with E-state index in [2.05, 4.69) is 10.2 Å². The Morgan fingerprint density at radius 2 is 1.84 bits per heavy atom. The Morgan fingerprint density at radius 1 is 1.03 bits per heavy atom. The first-order valence-corrected chi connectivity index (χ1v) is 10.4. The SMILES string of the molecule is CC(=O)Oc1c(N=Nc2cc(Cc3cc(O)ccc3O)ccc2C)sc2ccccc12. The largest absolute Gasteiger partial charge is 0.508 e. The summed E-state index contributed by atoms with van der Waals surface area (Å²) >= 11 is 1.40. The van der Waals surface area contributed by atoms with E-state index in [1.54, 1.807) is 6.07 Å². The van der Waals surface area contributed by atoms with Crippen molar-refractivity contribution in [1.82, 2.24) is 0 Å². The second kappa shape index (κ2) is 8.57. The molecule has 0 bridgehead atoms. The molecule has 6 nitrogen and oxygen atoms in total. The lowest BCUT2D eigenvalue weighted by Gasteiger charge is -2.07. The van der Waals surface area contributed by atoms with Crippen molar-refractivity contribution in [2.24, 2.45) is 10.2 Å². The minimum atomic E-state index is -0.413. The molecule has 0 amide bonds. The molecular weight excluding hydrogens is 412 g/mol. The Balaban J connectivity index is 1.67. The van der Waals surface area contributed by atoms with Crippen molar-refractivity contribution < 1.29 is 19.7 Å². The molecule has 4 rings (SSSR count). The van der Waals surface area contributed by atoms with Crippen LogP contribution in [0.5, 0.6) is 17.2 Å². The van der Waals surface area contributed by atoms with Gasteiger partial charge in [0.05, 0.1) is 5.69 Å². The Labute approximate surface area is 183 Å². The van der Waals surface area contributed by atoms with Crippen molar-refractivity contribution in [1.29, 1.82) is 0 Å². The molecule has 0 fully saturated rings. The summed E-state index contributed by atoms with van der Waals surface area (Å²) in [6.45, 7) is 3.29. The topological polar surface area (TPSA) is 91.5 Å². The van der Waals surface area contributed by atoms with Gasteiger partial charge in [0.25, 0.3) is 0 Å². The number of ether oxygens (including phenoxy) is 1. The average molecular weight is 433 g/mol. The van der Waals surface area contributed by atoms with Gasteiger partial charge in [-0.05, 0) is 54.4 Å². The van der Waals surface area contributed by atoms with E-state index in [-0.39, 0.29) is 11.5 Å². The molecule has 4 aromatic rings. The molecule has 1 aromatic heterocycles. The highest BCUT2D eigenvalue weighted by atomic mass is 32.1. The number of rotatable bonds is 5. The van der Waals surface area contributed by atoms with Crippen molar-refractivity contribution in [3.05, 3.63) is 77.4 Å². The maximum absolute atomic E-state index is 11.6.